The quantitative estimate of drug-likeness (QED) is 0.771. The number of aliphatic carboxylic acids is 1. The third kappa shape index (κ3) is 2.67. The molecule has 0 aromatic heterocycles. The van der Waals surface area contributed by atoms with Crippen molar-refractivity contribution in [3.05, 3.63) is 29.6 Å². The second-order valence-electron chi connectivity index (χ2n) is 4.65. The Morgan fingerprint density at radius 3 is 2.74 bits per heavy atom. The average Bonchev–Trinajstić information content (AvgIpc) is 2.76. The largest absolute Gasteiger partial charge is 0.481 e. The molecule has 1 fully saturated rings. The molecule has 1 amide bonds. The van der Waals surface area contributed by atoms with Crippen LogP contribution in [0.4, 0.5) is 10.1 Å². The molecule has 5 nitrogen and oxygen atoms in total. The van der Waals surface area contributed by atoms with Crippen LogP contribution in [0, 0.1) is 11.7 Å². The molecule has 1 aromatic carbocycles. The van der Waals surface area contributed by atoms with Gasteiger partial charge in [0.1, 0.15) is 5.82 Å². The van der Waals surface area contributed by atoms with Crippen LogP contribution < -0.4 is 11.1 Å². The number of carboxylic acids is 1. The van der Waals surface area contributed by atoms with Crippen molar-refractivity contribution in [2.45, 2.75) is 25.3 Å². The number of rotatable bonds is 4. The number of amides is 1. The van der Waals surface area contributed by atoms with Crippen molar-refractivity contribution in [3.63, 3.8) is 0 Å². The Bertz CT molecular complexity index is 519. The second kappa shape index (κ2) is 5.26. The predicted molar refractivity (Wildman–Crippen MR) is 67.3 cm³/mol. The highest BCUT2D eigenvalue weighted by molar-refractivity contribution is 5.98. The predicted octanol–water partition coefficient (Wildman–Crippen LogP) is 1.59. The lowest BCUT2D eigenvalue weighted by Gasteiger charge is -2.20. The van der Waals surface area contributed by atoms with Gasteiger partial charge in [-0.05, 0) is 25.0 Å². The van der Waals surface area contributed by atoms with E-state index in [1.54, 1.807) is 0 Å². The Morgan fingerprint density at radius 1 is 1.37 bits per heavy atom. The lowest BCUT2D eigenvalue weighted by molar-refractivity contribution is -0.141. The number of nitrogens with two attached hydrogens (primary N) is 1. The fourth-order valence-electron chi connectivity index (χ4n) is 2.52. The molecule has 1 saturated carbocycles. The lowest BCUT2D eigenvalue weighted by atomic mass is 10.0. The SMILES string of the molecule is NC(=O)c1c(F)cccc1NC1CCCC1C(=O)O. The first kappa shape index (κ1) is 13.3. The van der Waals surface area contributed by atoms with E-state index in [1.807, 2.05) is 0 Å². The summed E-state index contributed by atoms with van der Waals surface area (Å²) in [7, 11) is 0. The standard InChI is InChI=1S/C13H15FN2O3/c14-8-4-2-6-10(11(8)12(15)17)16-9-5-1-3-7(9)13(18)19/h2,4,6-7,9,16H,1,3,5H2,(H2,15,17)(H,18,19). The Labute approximate surface area is 109 Å². The van der Waals surface area contributed by atoms with Gasteiger partial charge >= 0.3 is 5.97 Å². The van der Waals surface area contributed by atoms with Crippen molar-refractivity contribution in [1.29, 1.82) is 0 Å². The number of primary amides is 1. The van der Waals surface area contributed by atoms with E-state index in [1.165, 1.54) is 12.1 Å². The van der Waals surface area contributed by atoms with Gasteiger partial charge in [0, 0.05) is 6.04 Å². The number of anilines is 1. The van der Waals surface area contributed by atoms with Crippen LogP contribution in [0.25, 0.3) is 0 Å². The van der Waals surface area contributed by atoms with Crippen LogP contribution in [0.1, 0.15) is 29.6 Å². The monoisotopic (exact) mass is 266 g/mol. The summed E-state index contributed by atoms with van der Waals surface area (Å²) >= 11 is 0. The van der Waals surface area contributed by atoms with E-state index in [-0.39, 0.29) is 17.3 Å². The molecule has 0 heterocycles. The maximum absolute atomic E-state index is 13.6. The zero-order chi connectivity index (χ0) is 14.0. The Kier molecular flexibility index (Phi) is 3.69. The minimum Gasteiger partial charge on any atom is -0.481 e. The normalized spacial score (nSPS) is 22.2. The summed E-state index contributed by atoms with van der Waals surface area (Å²) < 4.78 is 13.6. The first-order valence-electron chi connectivity index (χ1n) is 6.08. The number of hydrogen-bond acceptors (Lipinski definition) is 3. The van der Waals surface area contributed by atoms with Gasteiger partial charge in [-0.15, -0.1) is 0 Å². The Hall–Kier alpha value is -2.11. The van der Waals surface area contributed by atoms with Crippen molar-refractivity contribution < 1.29 is 19.1 Å². The van der Waals surface area contributed by atoms with E-state index in [2.05, 4.69) is 5.32 Å². The molecule has 0 saturated heterocycles. The average molecular weight is 266 g/mol. The maximum Gasteiger partial charge on any atom is 0.308 e. The molecule has 2 atom stereocenters. The molecule has 0 aliphatic heterocycles. The maximum atomic E-state index is 13.6. The highest BCUT2D eigenvalue weighted by atomic mass is 19.1. The van der Waals surface area contributed by atoms with Crippen LogP contribution in [0.3, 0.4) is 0 Å². The zero-order valence-electron chi connectivity index (χ0n) is 10.2. The molecular formula is C13H15FN2O3. The molecule has 2 rings (SSSR count). The van der Waals surface area contributed by atoms with Gasteiger partial charge in [-0.25, -0.2) is 4.39 Å². The third-order valence-electron chi connectivity index (χ3n) is 3.43. The van der Waals surface area contributed by atoms with Crippen LogP contribution in [-0.2, 0) is 4.79 Å². The van der Waals surface area contributed by atoms with Gasteiger partial charge in [0.25, 0.3) is 5.91 Å². The van der Waals surface area contributed by atoms with Crippen LogP contribution in [0.15, 0.2) is 18.2 Å². The van der Waals surface area contributed by atoms with E-state index in [4.69, 9.17) is 10.8 Å². The van der Waals surface area contributed by atoms with E-state index in [0.29, 0.717) is 12.8 Å². The molecule has 0 bridgehead atoms. The van der Waals surface area contributed by atoms with Gasteiger partial charge in [0.05, 0.1) is 17.2 Å². The van der Waals surface area contributed by atoms with Gasteiger partial charge < -0.3 is 16.2 Å². The van der Waals surface area contributed by atoms with E-state index in [9.17, 15) is 14.0 Å². The van der Waals surface area contributed by atoms with Gasteiger partial charge in [-0.1, -0.05) is 12.5 Å². The van der Waals surface area contributed by atoms with E-state index >= 15 is 0 Å². The summed E-state index contributed by atoms with van der Waals surface area (Å²) in [5.74, 6) is -2.98. The van der Waals surface area contributed by atoms with Gasteiger partial charge in [-0.3, -0.25) is 9.59 Å². The molecular weight excluding hydrogens is 251 g/mol. The minimum absolute atomic E-state index is 0.224. The van der Waals surface area contributed by atoms with Gasteiger partial charge in [0.15, 0.2) is 0 Å². The van der Waals surface area contributed by atoms with Crippen molar-refractivity contribution in [3.8, 4) is 0 Å². The van der Waals surface area contributed by atoms with Gasteiger partial charge in [-0.2, -0.15) is 0 Å². The molecule has 2 unspecified atom stereocenters. The van der Waals surface area contributed by atoms with Crippen LogP contribution in [-0.4, -0.2) is 23.0 Å². The highest BCUT2D eigenvalue weighted by Crippen LogP contribution is 2.30. The smallest absolute Gasteiger partial charge is 0.308 e. The van der Waals surface area contributed by atoms with Crippen LogP contribution >= 0.6 is 0 Å². The fourth-order valence-corrected chi connectivity index (χ4v) is 2.52. The molecule has 1 aliphatic rings. The van der Waals surface area contributed by atoms with Crippen molar-refractivity contribution in [1.82, 2.24) is 0 Å². The molecule has 1 aliphatic carbocycles. The summed E-state index contributed by atoms with van der Waals surface area (Å²) in [5, 5.41) is 12.0. The molecule has 6 heteroatoms. The molecule has 0 radical (unpaired) electrons. The van der Waals surface area contributed by atoms with Crippen LogP contribution in [0.5, 0.6) is 0 Å². The van der Waals surface area contributed by atoms with E-state index < -0.39 is 23.6 Å². The second-order valence-corrected chi connectivity index (χ2v) is 4.65. The Balaban J connectivity index is 2.26. The number of nitrogens with one attached hydrogen (secondary N) is 1. The molecule has 0 spiro atoms. The summed E-state index contributed by atoms with van der Waals surface area (Å²) in [6, 6.07) is 3.82. The number of benzene rings is 1. The van der Waals surface area contributed by atoms with Crippen molar-refractivity contribution in [2.24, 2.45) is 11.7 Å². The number of carbonyl (C=O) groups is 2. The number of halogens is 1. The molecule has 19 heavy (non-hydrogen) atoms. The van der Waals surface area contributed by atoms with Crippen LogP contribution in [0.2, 0.25) is 0 Å². The minimum atomic E-state index is -0.882. The van der Waals surface area contributed by atoms with Gasteiger partial charge in [0.2, 0.25) is 0 Å². The Morgan fingerprint density at radius 2 is 2.11 bits per heavy atom. The van der Waals surface area contributed by atoms with Crippen molar-refractivity contribution >= 4 is 17.6 Å². The summed E-state index contributed by atoms with van der Waals surface area (Å²) in [4.78, 5) is 22.3. The first-order chi connectivity index (χ1) is 9.00. The summed E-state index contributed by atoms with van der Waals surface area (Å²) in [6.07, 6.45) is 2.04. The fraction of sp³-hybridized carbons (Fsp3) is 0.385. The summed E-state index contributed by atoms with van der Waals surface area (Å²) in [6.45, 7) is 0. The molecule has 102 valence electrons. The number of carbonyl (C=O) groups excluding carboxylic acids is 1. The van der Waals surface area contributed by atoms with E-state index in [0.717, 1.165) is 12.5 Å². The summed E-state index contributed by atoms with van der Waals surface area (Å²) in [5.41, 5.74) is 5.18. The third-order valence-corrected chi connectivity index (χ3v) is 3.43. The lowest BCUT2D eigenvalue weighted by Crippen LogP contribution is -2.31. The molecule has 4 N–H and O–H groups in total. The zero-order valence-corrected chi connectivity index (χ0v) is 10.2. The number of hydrogen-bond donors (Lipinski definition) is 3. The van der Waals surface area contributed by atoms with Crippen molar-refractivity contribution in [2.75, 3.05) is 5.32 Å². The highest BCUT2D eigenvalue weighted by Gasteiger charge is 2.33. The number of carboxylic acid groups (broad SMARTS) is 1. The molecule has 1 aromatic rings. The topological polar surface area (TPSA) is 92.4 Å². The first-order valence-corrected chi connectivity index (χ1v) is 6.08.